The van der Waals surface area contributed by atoms with Crippen molar-refractivity contribution in [1.82, 2.24) is 0 Å². The third kappa shape index (κ3) is 2.44. The van der Waals surface area contributed by atoms with Gasteiger partial charge >= 0.3 is 0 Å². The van der Waals surface area contributed by atoms with E-state index in [4.69, 9.17) is 0 Å². The summed E-state index contributed by atoms with van der Waals surface area (Å²) < 4.78 is 0. The van der Waals surface area contributed by atoms with Gasteiger partial charge < -0.3 is 15.3 Å². The molecule has 20 heavy (non-hydrogen) atoms. The lowest BCUT2D eigenvalue weighted by Crippen LogP contribution is -2.09. The fraction of sp³-hybridized carbons (Fsp3) is 0.294. The number of nitrogens with one attached hydrogen (secondary N) is 1. The second kappa shape index (κ2) is 5.08. The van der Waals surface area contributed by atoms with Gasteiger partial charge in [-0.25, -0.2) is 0 Å². The van der Waals surface area contributed by atoms with Crippen molar-refractivity contribution < 1.29 is 5.11 Å². The van der Waals surface area contributed by atoms with Gasteiger partial charge in [-0.15, -0.1) is 0 Å². The second-order valence-corrected chi connectivity index (χ2v) is 5.56. The first-order chi connectivity index (χ1) is 9.63. The molecule has 0 saturated carbocycles. The summed E-state index contributed by atoms with van der Waals surface area (Å²) in [5.41, 5.74) is 4.90. The van der Waals surface area contributed by atoms with Crippen LogP contribution in [0.3, 0.4) is 0 Å². The van der Waals surface area contributed by atoms with Crippen LogP contribution in [0.15, 0.2) is 42.5 Å². The van der Waals surface area contributed by atoms with Crippen LogP contribution in [0.2, 0.25) is 0 Å². The molecule has 0 aliphatic heterocycles. The summed E-state index contributed by atoms with van der Waals surface area (Å²) in [6, 6.07) is 14.5. The molecular weight excluding hydrogens is 248 g/mol. The average Bonchev–Trinajstić information content (AvgIpc) is 2.81. The Morgan fingerprint density at radius 3 is 2.55 bits per heavy atom. The van der Waals surface area contributed by atoms with E-state index in [9.17, 15) is 5.11 Å². The molecule has 2 N–H and O–H groups in total. The zero-order chi connectivity index (χ0) is 14.1. The van der Waals surface area contributed by atoms with Crippen molar-refractivity contribution in [2.75, 3.05) is 24.3 Å². The number of benzene rings is 2. The predicted octanol–water partition coefficient (Wildman–Crippen LogP) is 3.56. The van der Waals surface area contributed by atoms with Crippen molar-refractivity contribution >= 4 is 11.4 Å². The molecule has 0 saturated heterocycles. The van der Waals surface area contributed by atoms with Gasteiger partial charge in [-0.05, 0) is 60.4 Å². The molecule has 0 amide bonds. The van der Waals surface area contributed by atoms with Gasteiger partial charge in [0.2, 0.25) is 0 Å². The molecule has 104 valence electrons. The Labute approximate surface area is 119 Å². The van der Waals surface area contributed by atoms with Crippen LogP contribution in [-0.4, -0.2) is 19.2 Å². The van der Waals surface area contributed by atoms with Crippen LogP contribution in [-0.2, 0) is 6.42 Å². The summed E-state index contributed by atoms with van der Waals surface area (Å²) in [6.45, 7) is 0. The van der Waals surface area contributed by atoms with Crippen molar-refractivity contribution in [3.05, 3.63) is 53.6 Å². The van der Waals surface area contributed by atoms with E-state index in [1.807, 2.05) is 26.2 Å². The lowest BCUT2D eigenvalue weighted by molar-refractivity contribution is 0.474. The van der Waals surface area contributed by atoms with Crippen LogP contribution >= 0.6 is 0 Å². The maximum atomic E-state index is 9.53. The third-order valence-corrected chi connectivity index (χ3v) is 3.93. The quantitative estimate of drug-likeness (QED) is 0.893. The Balaban J connectivity index is 1.77. The average molecular weight is 268 g/mol. The number of aromatic hydroxyl groups is 1. The number of hydrogen-bond donors (Lipinski definition) is 2. The fourth-order valence-electron chi connectivity index (χ4n) is 2.81. The normalized spacial score (nSPS) is 16.8. The first-order valence-electron chi connectivity index (χ1n) is 6.99. The number of phenols is 1. The summed E-state index contributed by atoms with van der Waals surface area (Å²) in [4.78, 5) is 2.09. The molecule has 1 unspecified atom stereocenters. The van der Waals surface area contributed by atoms with Gasteiger partial charge in [0.05, 0.1) is 6.04 Å². The topological polar surface area (TPSA) is 35.5 Å². The van der Waals surface area contributed by atoms with Crippen LogP contribution in [0.1, 0.15) is 23.6 Å². The largest absolute Gasteiger partial charge is 0.508 e. The number of hydrogen-bond acceptors (Lipinski definition) is 3. The number of rotatable bonds is 3. The zero-order valence-electron chi connectivity index (χ0n) is 11.9. The molecule has 2 aromatic rings. The van der Waals surface area contributed by atoms with E-state index in [2.05, 4.69) is 34.5 Å². The fourth-order valence-corrected chi connectivity index (χ4v) is 2.81. The van der Waals surface area contributed by atoms with Crippen molar-refractivity contribution in [1.29, 1.82) is 0 Å². The van der Waals surface area contributed by atoms with Crippen molar-refractivity contribution in [2.45, 2.75) is 18.9 Å². The van der Waals surface area contributed by atoms with Gasteiger partial charge in [-0.1, -0.05) is 6.07 Å². The van der Waals surface area contributed by atoms with E-state index in [1.54, 1.807) is 6.07 Å². The maximum absolute atomic E-state index is 9.53. The minimum atomic E-state index is 0.343. The first-order valence-corrected chi connectivity index (χ1v) is 6.99. The second-order valence-electron chi connectivity index (χ2n) is 5.56. The smallest absolute Gasteiger partial charge is 0.115 e. The summed E-state index contributed by atoms with van der Waals surface area (Å²) >= 11 is 0. The third-order valence-electron chi connectivity index (χ3n) is 3.93. The minimum absolute atomic E-state index is 0.343. The standard InChI is InChI=1S/C17H20N2O/c1-19(2)14-6-4-13(5-7-14)18-17-10-3-12-11-15(20)8-9-16(12)17/h4-9,11,17-18,20H,3,10H2,1-2H3. The number of nitrogens with zero attached hydrogens (tertiary/aromatic N) is 1. The van der Waals surface area contributed by atoms with Crippen LogP contribution in [0.5, 0.6) is 5.75 Å². The van der Waals surface area contributed by atoms with Crippen molar-refractivity contribution in [2.24, 2.45) is 0 Å². The SMILES string of the molecule is CN(C)c1ccc(NC2CCc3cc(O)ccc32)cc1. The highest BCUT2D eigenvalue weighted by atomic mass is 16.3. The molecule has 0 spiro atoms. The molecular formula is C17H20N2O. The number of anilines is 2. The molecule has 0 aromatic heterocycles. The van der Waals surface area contributed by atoms with E-state index >= 15 is 0 Å². The molecule has 1 aliphatic carbocycles. The maximum Gasteiger partial charge on any atom is 0.115 e. The van der Waals surface area contributed by atoms with Gasteiger partial charge in [0.15, 0.2) is 0 Å². The van der Waals surface area contributed by atoms with Gasteiger partial charge in [0.1, 0.15) is 5.75 Å². The monoisotopic (exact) mass is 268 g/mol. The van der Waals surface area contributed by atoms with E-state index in [-0.39, 0.29) is 0 Å². The molecule has 0 bridgehead atoms. The first kappa shape index (κ1) is 12.9. The van der Waals surface area contributed by atoms with E-state index in [0.717, 1.165) is 18.5 Å². The highest BCUT2D eigenvalue weighted by molar-refractivity contribution is 5.56. The van der Waals surface area contributed by atoms with Gasteiger partial charge in [-0.3, -0.25) is 0 Å². The predicted molar refractivity (Wildman–Crippen MR) is 83.6 cm³/mol. The molecule has 3 heteroatoms. The number of fused-ring (bicyclic) bond motifs is 1. The molecule has 3 rings (SSSR count). The summed E-state index contributed by atoms with van der Waals surface area (Å²) in [5, 5.41) is 13.1. The van der Waals surface area contributed by atoms with Gasteiger partial charge in [0.25, 0.3) is 0 Å². The molecule has 1 aliphatic rings. The van der Waals surface area contributed by atoms with E-state index < -0.39 is 0 Å². The lowest BCUT2D eigenvalue weighted by atomic mass is 10.1. The van der Waals surface area contributed by atoms with Crippen molar-refractivity contribution in [3.63, 3.8) is 0 Å². The molecule has 0 fully saturated rings. The van der Waals surface area contributed by atoms with Gasteiger partial charge in [-0.2, -0.15) is 0 Å². The van der Waals surface area contributed by atoms with E-state index in [1.165, 1.54) is 16.8 Å². The molecule has 0 radical (unpaired) electrons. The minimum Gasteiger partial charge on any atom is -0.508 e. The van der Waals surface area contributed by atoms with Crippen LogP contribution in [0, 0.1) is 0 Å². The highest BCUT2D eigenvalue weighted by Gasteiger charge is 2.22. The van der Waals surface area contributed by atoms with Crippen molar-refractivity contribution in [3.8, 4) is 5.75 Å². The summed E-state index contributed by atoms with van der Waals surface area (Å²) in [7, 11) is 4.09. The van der Waals surface area contributed by atoms with Crippen LogP contribution in [0.4, 0.5) is 11.4 Å². The van der Waals surface area contributed by atoms with Gasteiger partial charge in [0, 0.05) is 25.5 Å². The Morgan fingerprint density at radius 2 is 1.85 bits per heavy atom. The number of phenolic OH excluding ortho intramolecular Hbond substituents is 1. The summed E-state index contributed by atoms with van der Waals surface area (Å²) in [6.07, 6.45) is 2.10. The Morgan fingerprint density at radius 1 is 1.10 bits per heavy atom. The highest BCUT2D eigenvalue weighted by Crippen LogP contribution is 2.35. The zero-order valence-corrected chi connectivity index (χ0v) is 11.9. The summed E-state index contributed by atoms with van der Waals surface area (Å²) in [5.74, 6) is 0.361. The Bertz CT molecular complexity index is 605. The number of aryl methyl sites for hydroxylation is 1. The molecule has 1 atom stereocenters. The van der Waals surface area contributed by atoms with E-state index in [0.29, 0.717) is 11.8 Å². The lowest BCUT2D eigenvalue weighted by Gasteiger charge is -2.17. The molecule has 2 aromatic carbocycles. The Hall–Kier alpha value is -2.16. The van der Waals surface area contributed by atoms with Crippen LogP contribution < -0.4 is 10.2 Å². The molecule has 3 nitrogen and oxygen atoms in total. The van der Waals surface area contributed by atoms with Crippen LogP contribution in [0.25, 0.3) is 0 Å². The molecule has 0 heterocycles. The Kier molecular flexibility index (Phi) is 3.26.